The van der Waals surface area contributed by atoms with E-state index in [1.54, 1.807) is 17.7 Å². The Morgan fingerprint density at radius 2 is 2.13 bits per heavy atom. The highest BCUT2D eigenvalue weighted by Crippen LogP contribution is 2.32. The molecule has 0 radical (unpaired) electrons. The molecule has 7 nitrogen and oxygen atoms in total. The minimum Gasteiger partial charge on any atom is -0.348 e. The van der Waals surface area contributed by atoms with Crippen LogP contribution in [0.5, 0.6) is 0 Å². The van der Waals surface area contributed by atoms with Crippen molar-refractivity contribution in [2.45, 2.75) is 44.7 Å². The summed E-state index contributed by atoms with van der Waals surface area (Å²) in [6.45, 7) is 3.56. The molecule has 2 aliphatic rings. The average Bonchev–Trinajstić information content (AvgIpc) is 3.53. The van der Waals surface area contributed by atoms with Crippen molar-refractivity contribution < 1.29 is 9.59 Å². The van der Waals surface area contributed by atoms with Gasteiger partial charge in [0.15, 0.2) is 0 Å². The normalized spacial score (nSPS) is 19.9. The third kappa shape index (κ3) is 3.76. The Morgan fingerprint density at radius 1 is 1.23 bits per heavy atom. The highest BCUT2D eigenvalue weighted by atomic mass is 32.1. The van der Waals surface area contributed by atoms with E-state index in [-0.39, 0.29) is 23.9 Å². The number of nitrogens with zero attached hydrogens (tertiary/aromatic N) is 4. The number of carbonyl (C=O) groups excluding carboxylic acids is 2. The minimum atomic E-state index is -0.246. The standard InChI is InChI=1S/C23H25N5O2S/c1-15(16-5-2-6-17(13-16)27-10-4-8-20(27)29)26-22(30)19-7-3-11-28(19)21-18-9-12-31-23(18)25-14-24-21/h2,5-6,9,12-15,19H,3-4,7-8,10-11H2,1H3,(H,26,30). The van der Waals surface area contributed by atoms with Gasteiger partial charge in [-0.2, -0.15) is 0 Å². The maximum absolute atomic E-state index is 13.2. The molecule has 1 aromatic carbocycles. The SMILES string of the molecule is CC(NC(=O)C1CCCN1c1ncnc2sccc12)c1cccc(N2CCCC2=O)c1. The second-order valence-corrected chi connectivity index (χ2v) is 9.06. The van der Waals surface area contributed by atoms with Gasteiger partial charge in [0.25, 0.3) is 0 Å². The molecule has 0 spiro atoms. The molecule has 31 heavy (non-hydrogen) atoms. The lowest BCUT2D eigenvalue weighted by atomic mass is 10.1. The lowest BCUT2D eigenvalue weighted by molar-refractivity contribution is -0.123. The van der Waals surface area contributed by atoms with Gasteiger partial charge in [0.1, 0.15) is 23.0 Å². The second-order valence-electron chi connectivity index (χ2n) is 8.16. The predicted molar refractivity (Wildman–Crippen MR) is 122 cm³/mol. The molecule has 1 N–H and O–H groups in total. The molecule has 3 aromatic rings. The fourth-order valence-electron chi connectivity index (χ4n) is 4.57. The van der Waals surface area contributed by atoms with Crippen LogP contribution in [0.15, 0.2) is 42.0 Å². The number of amides is 2. The first-order valence-corrected chi connectivity index (χ1v) is 11.7. The van der Waals surface area contributed by atoms with Crippen molar-refractivity contribution in [1.29, 1.82) is 0 Å². The van der Waals surface area contributed by atoms with E-state index >= 15 is 0 Å². The Bertz CT molecular complexity index is 1130. The second kappa shape index (κ2) is 8.26. The Morgan fingerprint density at radius 3 is 2.97 bits per heavy atom. The molecule has 8 heteroatoms. The van der Waals surface area contributed by atoms with Gasteiger partial charge in [-0.25, -0.2) is 9.97 Å². The lowest BCUT2D eigenvalue weighted by Gasteiger charge is -2.27. The smallest absolute Gasteiger partial charge is 0.243 e. The number of anilines is 2. The molecule has 2 aliphatic heterocycles. The molecule has 0 bridgehead atoms. The molecule has 4 heterocycles. The summed E-state index contributed by atoms with van der Waals surface area (Å²) in [6, 6.07) is 9.55. The van der Waals surface area contributed by atoms with E-state index < -0.39 is 0 Å². The molecule has 2 saturated heterocycles. The van der Waals surface area contributed by atoms with Crippen LogP contribution in [-0.4, -0.2) is 40.9 Å². The Kier molecular flexibility index (Phi) is 5.31. The zero-order valence-electron chi connectivity index (χ0n) is 17.5. The van der Waals surface area contributed by atoms with Gasteiger partial charge >= 0.3 is 0 Å². The van der Waals surface area contributed by atoms with Gasteiger partial charge in [-0.3, -0.25) is 9.59 Å². The molecule has 2 unspecified atom stereocenters. The number of hydrogen-bond donors (Lipinski definition) is 1. The van der Waals surface area contributed by atoms with Crippen molar-refractivity contribution in [3.05, 3.63) is 47.6 Å². The summed E-state index contributed by atoms with van der Waals surface area (Å²) in [5.74, 6) is 1.01. The molecule has 160 valence electrons. The zero-order valence-corrected chi connectivity index (χ0v) is 18.3. The predicted octanol–water partition coefficient (Wildman–Crippen LogP) is 3.66. The van der Waals surface area contributed by atoms with Gasteiger partial charge in [-0.1, -0.05) is 12.1 Å². The van der Waals surface area contributed by atoms with E-state index in [1.165, 1.54) is 0 Å². The maximum Gasteiger partial charge on any atom is 0.243 e. The quantitative estimate of drug-likeness (QED) is 0.662. The highest BCUT2D eigenvalue weighted by Gasteiger charge is 2.33. The zero-order chi connectivity index (χ0) is 21.4. The number of nitrogens with one attached hydrogen (secondary N) is 1. The van der Waals surface area contributed by atoms with E-state index in [0.717, 1.165) is 59.6 Å². The first kappa shape index (κ1) is 19.9. The van der Waals surface area contributed by atoms with Crippen LogP contribution in [0, 0.1) is 0 Å². The average molecular weight is 436 g/mol. The van der Waals surface area contributed by atoms with Crippen molar-refractivity contribution in [2.24, 2.45) is 0 Å². The number of hydrogen-bond acceptors (Lipinski definition) is 6. The number of rotatable bonds is 5. The third-order valence-corrected chi connectivity index (χ3v) is 7.00. The molecule has 2 amide bonds. The minimum absolute atomic E-state index is 0.00893. The topological polar surface area (TPSA) is 78.4 Å². The van der Waals surface area contributed by atoms with Crippen LogP contribution in [-0.2, 0) is 9.59 Å². The maximum atomic E-state index is 13.2. The summed E-state index contributed by atoms with van der Waals surface area (Å²) >= 11 is 1.58. The van der Waals surface area contributed by atoms with Crippen molar-refractivity contribution >= 4 is 44.9 Å². The number of aromatic nitrogens is 2. The van der Waals surface area contributed by atoms with Crippen LogP contribution in [0.1, 0.15) is 44.2 Å². The first-order valence-electron chi connectivity index (χ1n) is 10.8. The first-order chi connectivity index (χ1) is 15.1. The Hall–Kier alpha value is -3.00. The molecule has 2 atom stereocenters. The van der Waals surface area contributed by atoms with Gasteiger partial charge < -0.3 is 15.1 Å². The van der Waals surface area contributed by atoms with Crippen LogP contribution in [0.25, 0.3) is 10.2 Å². The molecule has 2 fully saturated rings. The van der Waals surface area contributed by atoms with Gasteiger partial charge in [0.2, 0.25) is 11.8 Å². The molecule has 0 saturated carbocycles. The third-order valence-electron chi connectivity index (χ3n) is 6.18. The van der Waals surface area contributed by atoms with Gasteiger partial charge in [-0.05, 0) is 55.3 Å². The highest BCUT2D eigenvalue weighted by molar-refractivity contribution is 7.16. The van der Waals surface area contributed by atoms with E-state index in [1.807, 2.05) is 47.5 Å². The van der Waals surface area contributed by atoms with E-state index in [2.05, 4.69) is 20.2 Å². The van der Waals surface area contributed by atoms with Gasteiger partial charge in [0, 0.05) is 25.2 Å². The van der Waals surface area contributed by atoms with E-state index in [4.69, 9.17) is 0 Å². The van der Waals surface area contributed by atoms with Gasteiger partial charge in [0.05, 0.1) is 11.4 Å². The van der Waals surface area contributed by atoms with Crippen LogP contribution in [0.4, 0.5) is 11.5 Å². The molecule has 2 aromatic heterocycles. The summed E-state index contributed by atoms with van der Waals surface area (Å²) in [5, 5.41) is 6.20. The summed E-state index contributed by atoms with van der Waals surface area (Å²) in [4.78, 5) is 39.0. The van der Waals surface area contributed by atoms with Crippen molar-refractivity contribution in [1.82, 2.24) is 15.3 Å². The fourth-order valence-corrected chi connectivity index (χ4v) is 5.30. The van der Waals surface area contributed by atoms with Crippen LogP contribution < -0.4 is 15.1 Å². The van der Waals surface area contributed by atoms with E-state index in [9.17, 15) is 9.59 Å². The monoisotopic (exact) mass is 435 g/mol. The summed E-state index contributed by atoms with van der Waals surface area (Å²) in [5.41, 5.74) is 1.90. The van der Waals surface area contributed by atoms with Crippen molar-refractivity contribution in [2.75, 3.05) is 22.9 Å². The number of carbonyl (C=O) groups is 2. The van der Waals surface area contributed by atoms with Gasteiger partial charge in [-0.15, -0.1) is 11.3 Å². The fraction of sp³-hybridized carbons (Fsp3) is 0.391. The summed E-state index contributed by atoms with van der Waals surface area (Å²) < 4.78 is 0. The van der Waals surface area contributed by atoms with Crippen molar-refractivity contribution in [3.63, 3.8) is 0 Å². The molecular weight excluding hydrogens is 410 g/mol. The Labute approximate surface area is 185 Å². The van der Waals surface area contributed by atoms with Crippen LogP contribution in [0.3, 0.4) is 0 Å². The van der Waals surface area contributed by atoms with E-state index in [0.29, 0.717) is 6.42 Å². The lowest BCUT2D eigenvalue weighted by Crippen LogP contribution is -2.44. The largest absolute Gasteiger partial charge is 0.348 e. The number of thiophene rings is 1. The van der Waals surface area contributed by atoms with Crippen LogP contribution in [0.2, 0.25) is 0 Å². The summed E-state index contributed by atoms with van der Waals surface area (Å²) in [6.07, 6.45) is 4.84. The van der Waals surface area contributed by atoms with Crippen LogP contribution >= 0.6 is 11.3 Å². The molecule has 5 rings (SSSR count). The summed E-state index contributed by atoms with van der Waals surface area (Å²) in [7, 11) is 0. The Balaban J connectivity index is 1.33. The number of fused-ring (bicyclic) bond motifs is 1. The molecular formula is C23H25N5O2S. The van der Waals surface area contributed by atoms with Crippen molar-refractivity contribution in [3.8, 4) is 0 Å². The number of benzene rings is 1. The molecule has 0 aliphatic carbocycles.